The molecule has 4 heteroatoms. The number of nitrogens with one attached hydrogen (secondary N) is 1. The molecular formula is C9H8N2O2. The lowest BCUT2D eigenvalue weighted by molar-refractivity contribution is 0.0963. The summed E-state index contributed by atoms with van der Waals surface area (Å²) in [5.74, 6) is -0.165. The van der Waals surface area contributed by atoms with Gasteiger partial charge in [0, 0.05) is 12.6 Å². The van der Waals surface area contributed by atoms with Gasteiger partial charge in [0.1, 0.15) is 0 Å². The third kappa shape index (κ3) is 2.25. The van der Waals surface area contributed by atoms with Crippen LogP contribution in [0.3, 0.4) is 0 Å². The summed E-state index contributed by atoms with van der Waals surface area (Å²) < 4.78 is 0. The fourth-order valence-corrected chi connectivity index (χ4v) is 0.884. The van der Waals surface area contributed by atoms with E-state index in [1.807, 2.05) is 0 Å². The lowest BCUT2D eigenvalue weighted by Crippen LogP contribution is -2.17. The number of carbonyl (C=O) groups is 1. The molecule has 1 N–H and O–H groups in total. The van der Waals surface area contributed by atoms with Gasteiger partial charge in [-0.1, -0.05) is 0 Å². The van der Waals surface area contributed by atoms with Gasteiger partial charge in [-0.15, -0.1) is 0 Å². The zero-order chi connectivity index (χ0) is 9.68. The van der Waals surface area contributed by atoms with Crippen LogP contribution in [0.4, 0.5) is 5.69 Å². The van der Waals surface area contributed by atoms with Crippen molar-refractivity contribution in [2.24, 2.45) is 4.99 Å². The number of amides is 1. The fourth-order valence-electron chi connectivity index (χ4n) is 0.884. The van der Waals surface area contributed by atoms with E-state index in [-0.39, 0.29) is 5.91 Å². The van der Waals surface area contributed by atoms with Gasteiger partial charge >= 0.3 is 0 Å². The molecular weight excluding hydrogens is 168 g/mol. The third-order valence-corrected chi connectivity index (χ3v) is 1.53. The maximum absolute atomic E-state index is 11.1. The molecule has 0 aliphatic carbocycles. The quantitative estimate of drug-likeness (QED) is 0.540. The standard InChI is InChI=1S/C9H8N2O2/c1-10-9(13)7-2-4-8(5-3-7)11-6-12/h2-5H,1H3,(H,10,13). The summed E-state index contributed by atoms with van der Waals surface area (Å²) in [7, 11) is 1.56. The minimum Gasteiger partial charge on any atom is -0.355 e. The molecule has 0 bridgehead atoms. The summed E-state index contributed by atoms with van der Waals surface area (Å²) in [4.78, 5) is 24.3. The minimum absolute atomic E-state index is 0.165. The molecule has 1 amide bonds. The Bertz CT molecular complexity index is 350. The molecule has 0 atom stereocenters. The van der Waals surface area contributed by atoms with Gasteiger partial charge in [0.25, 0.3) is 5.91 Å². The lowest BCUT2D eigenvalue weighted by atomic mass is 10.2. The molecule has 0 spiro atoms. The number of carbonyl (C=O) groups excluding carboxylic acids is 2. The highest BCUT2D eigenvalue weighted by atomic mass is 16.1. The molecule has 13 heavy (non-hydrogen) atoms. The Hall–Kier alpha value is -1.93. The van der Waals surface area contributed by atoms with Crippen molar-refractivity contribution in [3.8, 4) is 0 Å². The first-order chi connectivity index (χ1) is 6.27. The van der Waals surface area contributed by atoms with Crippen LogP contribution in [0, 0.1) is 0 Å². The average molecular weight is 176 g/mol. The third-order valence-electron chi connectivity index (χ3n) is 1.53. The highest BCUT2D eigenvalue weighted by molar-refractivity contribution is 5.94. The van der Waals surface area contributed by atoms with Gasteiger partial charge in [0.05, 0.1) is 5.69 Å². The topological polar surface area (TPSA) is 58.5 Å². The first-order valence-corrected chi connectivity index (χ1v) is 3.68. The van der Waals surface area contributed by atoms with Crippen LogP contribution in [0.2, 0.25) is 0 Å². The Morgan fingerprint density at radius 3 is 2.46 bits per heavy atom. The number of hydrogen-bond acceptors (Lipinski definition) is 3. The number of isocyanates is 1. The maximum Gasteiger partial charge on any atom is 0.251 e. The monoisotopic (exact) mass is 176 g/mol. The van der Waals surface area contributed by atoms with Crippen molar-refractivity contribution in [3.63, 3.8) is 0 Å². The van der Waals surface area contributed by atoms with E-state index in [4.69, 9.17) is 0 Å². The largest absolute Gasteiger partial charge is 0.355 e. The number of hydrogen-bond donors (Lipinski definition) is 1. The summed E-state index contributed by atoms with van der Waals surface area (Å²) in [6, 6.07) is 6.34. The average Bonchev–Trinajstić information content (AvgIpc) is 2.18. The van der Waals surface area contributed by atoms with Crippen LogP contribution in [0.25, 0.3) is 0 Å². The smallest absolute Gasteiger partial charge is 0.251 e. The summed E-state index contributed by atoms with van der Waals surface area (Å²) >= 11 is 0. The molecule has 0 aromatic heterocycles. The van der Waals surface area contributed by atoms with E-state index in [2.05, 4.69) is 10.3 Å². The molecule has 4 nitrogen and oxygen atoms in total. The maximum atomic E-state index is 11.1. The van der Waals surface area contributed by atoms with Crippen molar-refractivity contribution >= 4 is 17.7 Å². The van der Waals surface area contributed by atoms with E-state index in [1.54, 1.807) is 31.3 Å². The zero-order valence-corrected chi connectivity index (χ0v) is 7.07. The Labute approximate surface area is 75.3 Å². The normalized spacial score (nSPS) is 8.69. The molecule has 0 radical (unpaired) electrons. The second-order valence-corrected chi connectivity index (χ2v) is 2.33. The first-order valence-electron chi connectivity index (χ1n) is 3.68. The van der Waals surface area contributed by atoms with Gasteiger partial charge in [-0.05, 0) is 24.3 Å². The molecule has 0 fully saturated rings. The van der Waals surface area contributed by atoms with Gasteiger partial charge in [-0.3, -0.25) is 4.79 Å². The van der Waals surface area contributed by atoms with Crippen LogP contribution >= 0.6 is 0 Å². The molecule has 0 heterocycles. The van der Waals surface area contributed by atoms with E-state index in [9.17, 15) is 9.59 Å². The van der Waals surface area contributed by atoms with Gasteiger partial charge in [-0.25, -0.2) is 4.79 Å². The van der Waals surface area contributed by atoms with Crippen LogP contribution < -0.4 is 5.32 Å². The van der Waals surface area contributed by atoms with Crippen molar-refractivity contribution in [3.05, 3.63) is 29.8 Å². The second kappa shape index (κ2) is 4.18. The molecule has 1 aromatic carbocycles. The molecule has 1 aromatic rings. The summed E-state index contributed by atoms with van der Waals surface area (Å²) in [5, 5.41) is 2.49. The van der Waals surface area contributed by atoms with Gasteiger partial charge in [0.2, 0.25) is 6.08 Å². The van der Waals surface area contributed by atoms with E-state index in [1.165, 1.54) is 6.08 Å². The molecule has 1 rings (SSSR count). The van der Waals surface area contributed by atoms with E-state index < -0.39 is 0 Å². The summed E-state index contributed by atoms with van der Waals surface area (Å²) in [5.41, 5.74) is 1.02. The van der Waals surface area contributed by atoms with Crippen molar-refractivity contribution in [2.75, 3.05) is 7.05 Å². The van der Waals surface area contributed by atoms with Gasteiger partial charge in [0.15, 0.2) is 0 Å². The lowest BCUT2D eigenvalue weighted by Gasteiger charge is -1.98. The summed E-state index contributed by atoms with van der Waals surface area (Å²) in [6.45, 7) is 0. The van der Waals surface area contributed by atoms with E-state index >= 15 is 0 Å². The number of nitrogens with zero attached hydrogens (tertiary/aromatic N) is 1. The Morgan fingerprint density at radius 1 is 1.38 bits per heavy atom. The van der Waals surface area contributed by atoms with Gasteiger partial charge in [-0.2, -0.15) is 4.99 Å². The second-order valence-electron chi connectivity index (χ2n) is 2.33. The van der Waals surface area contributed by atoms with Crippen LogP contribution in [-0.4, -0.2) is 19.0 Å². The van der Waals surface area contributed by atoms with Crippen molar-refractivity contribution in [2.45, 2.75) is 0 Å². The predicted octanol–water partition coefficient (Wildman–Crippen LogP) is 1.01. The molecule has 0 aliphatic rings. The van der Waals surface area contributed by atoms with Crippen molar-refractivity contribution in [1.82, 2.24) is 5.32 Å². The Morgan fingerprint density at radius 2 is 2.00 bits per heavy atom. The predicted molar refractivity (Wildman–Crippen MR) is 47.6 cm³/mol. The molecule has 0 aliphatic heterocycles. The Kier molecular flexibility index (Phi) is 2.95. The minimum atomic E-state index is -0.165. The summed E-state index contributed by atoms with van der Waals surface area (Å²) in [6.07, 6.45) is 1.42. The Balaban J connectivity index is 2.93. The van der Waals surface area contributed by atoms with Gasteiger partial charge < -0.3 is 5.32 Å². The highest BCUT2D eigenvalue weighted by Crippen LogP contribution is 2.11. The van der Waals surface area contributed by atoms with Crippen LogP contribution in [0.5, 0.6) is 0 Å². The van der Waals surface area contributed by atoms with Crippen LogP contribution in [0.15, 0.2) is 29.3 Å². The molecule has 0 unspecified atom stereocenters. The zero-order valence-electron chi connectivity index (χ0n) is 7.07. The molecule has 66 valence electrons. The number of rotatable bonds is 2. The van der Waals surface area contributed by atoms with Crippen LogP contribution in [-0.2, 0) is 4.79 Å². The van der Waals surface area contributed by atoms with Crippen LogP contribution in [0.1, 0.15) is 10.4 Å². The number of benzene rings is 1. The first kappa shape index (κ1) is 9.16. The fraction of sp³-hybridized carbons (Fsp3) is 0.111. The van der Waals surface area contributed by atoms with Crippen molar-refractivity contribution in [1.29, 1.82) is 0 Å². The number of aliphatic imine (C=N–C) groups is 1. The van der Waals surface area contributed by atoms with Crippen molar-refractivity contribution < 1.29 is 9.59 Å². The SMILES string of the molecule is CNC(=O)c1ccc(N=C=O)cc1. The molecule has 0 saturated carbocycles. The highest BCUT2D eigenvalue weighted by Gasteiger charge is 2.00. The van der Waals surface area contributed by atoms with E-state index in [0.29, 0.717) is 11.3 Å². The molecule has 0 saturated heterocycles. The van der Waals surface area contributed by atoms with E-state index in [0.717, 1.165) is 0 Å².